The first-order valence-electron chi connectivity index (χ1n) is 6.61. The summed E-state index contributed by atoms with van der Waals surface area (Å²) in [5, 5.41) is 3.13. The Morgan fingerprint density at radius 1 is 1.30 bits per heavy atom. The van der Waals surface area contributed by atoms with Crippen molar-refractivity contribution in [1.29, 1.82) is 0 Å². The van der Waals surface area contributed by atoms with Gasteiger partial charge in [-0.1, -0.05) is 30.3 Å². The highest BCUT2D eigenvalue weighted by Gasteiger charge is 2.40. The van der Waals surface area contributed by atoms with Crippen molar-refractivity contribution >= 4 is 5.97 Å². The Kier molecular flexibility index (Phi) is 6.64. The Bertz CT molecular complexity index is 411. The van der Waals surface area contributed by atoms with Gasteiger partial charge < -0.3 is 19.7 Å². The van der Waals surface area contributed by atoms with Crippen molar-refractivity contribution in [2.75, 3.05) is 48.0 Å². The molecule has 20 heavy (non-hydrogen) atoms. The fourth-order valence-electron chi connectivity index (χ4n) is 2.23. The third kappa shape index (κ3) is 3.79. The minimum Gasteiger partial charge on any atom is -0.467 e. The lowest BCUT2D eigenvalue weighted by Crippen LogP contribution is -2.55. The number of benzene rings is 1. The number of nitrogens with zero attached hydrogens (tertiary/aromatic N) is 1. The van der Waals surface area contributed by atoms with Crippen LogP contribution in [0.25, 0.3) is 0 Å². The minimum absolute atomic E-state index is 0.296. The monoisotopic (exact) mass is 280 g/mol. The maximum absolute atomic E-state index is 12.3. The summed E-state index contributed by atoms with van der Waals surface area (Å²) in [6, 6.07) is 9.62. The van der Waals surface area contributed by atoms with E-state index in [1.807, 2.05) is 42.3 Å². The first kappa shape index (κ1) is 16.6. The molecule has 1 rings (SSSR count). The molecule has 1 atom stereocenters. The van der Waals surface area contributed by atoms with Gasteiger partial charge >= 0.3 is 5.97 Å². The number of rotatable bonds is 8. The SMILES string of the molecule is CNC(CN(C)CCOC)(C(=O)OC)c1ccccc1. The zero-order valence-electron chi connectivity index (χ0n) is 12.7. The van der Waals surface area contributed by atoms with E-state index in [-0.39, 0.29) is 5.97 Å². The van der Waals surface area contributed by atoms with Crippen molar-refractivity contribution in [2.45, 2.75) is 5.54 Å². The van der Waals surface area contributed by atoms with Gasteiger partial charge in [-0.2, -0.15) is 0 Å². The molecule has 1 N–H and O–H groups in total. The second-order valence-corrected chi connectivity index (χ2v) is 4.74. The molecule has 5 heteroatoms. The Morgan fingerprint density at radius 2 is 1.95 bits per heavy atom. The average Bonchev–Trinajstić information content (AvgIpc) is 2.50. The Hall–Kier alpha value is -1.43. The van der Waals surface area contributed by atoms with Crippen LogP contribution in [0.2, 0.25) is 0 Å². The van der Waals surface area contributed by atoms with E-state index in [9.17, 15) is 4.79 Å². The second kappa shape index (κ2) is 7.99. The van der Waals surface area contributed by atoms with Gasteiger partial charge in [-0.3, -0.25) is 0 Å². The fraction of sp³-hybridized carbons (Fsp3) is 0.533. The molecule has 0 spiro atoms. The topological polar surface area (TPSA) is 50.8 Å². The largest absolute Gasteiger partial charge is 0.467 e. The van der Waals surface area contributed by atoms with E-state index in [1.165, 1.54) is 7.11 Å². The van der Waals surface area contributed by atoms with Crippen molar-refractivity contribution in [3.63, 3.8) is 0 Å². The third-order valence-corrected chi connectivity index (χ3v) is 3.41. The van der Waals surface area contributed by atoms with Crippen LogP contribution in [0.3, 0.4) is 0 Å². The lowest BCUT2D eigenvalue weighted by Gasteiger charge is -2.34. The van der Waals surface area contributed by atoms with Crippen LogP contribution < -0.4 is 5.32 Å². The van der Waals surface area contributed by atoms with Gasteiger partial charge in [-0.05, 0) is 19.7 Å². The molecule has 112 valence electrons. The molecule has 0 aliphatic carbocycles. The number of nitrogens with one attached hydrogen (secondary N) is 1. The molecule has 0 radical (unpaired) electrons. The zero-order chi connectivity index (χ0) is 15.0. The van der Waals surface area contributed by atoms with Crippen LogP contribution in [-0.4, -0.2) is 58.9 Å². The van der Waals surface area contributed by atoms with Crippen LogP contribution >= 0.6 is 0 Å². The number of methoxy groups -OCH3 is 2. The first-order valence-corrected chi connectivity index (χ1v) is 6.61. The molecule has 1 aromatic rings. The van der Waals surface area contributed by atoms with Crippen LogP contribution in [0.4, 0.5) is 0 Å². The van der Waals surface area contributed by atoms with Gasteiger partial charge in [0.25, 0.3) is 0 Å². The number of carbonyl (C=O) groups is 1. The van der Waals surface area contributed by atoms with E-state index in [0.29, 0.717) is 13.2 Å². The smallest absolute Gasteiger partial charge is 0.332 e. The first-order chi connectivity index (χ1) is 9.60. The van der Waals surface area contributed by atoms with Gasteiger partial charge in [-0.25, -0.2) is 4.79 Å². The molecule has 0 aliphatic heterocycles. The molecule has 1 aromatic carbocycles. The molecule has 0 heterocycles. The molecule has 0 aromatic heterocycles. The normalized spacial score (nSPS) is 14.1. The van der Waals surface area contributed by atoms with E-state index in [1.54, 1.807) is 14.2 Å². The van der Waals surface area contributed by atoms with Gasteiger partial charge in [0, 0.05) is 20.2 Å². The third-order valence-electron chi connectivity index (χ3n) is 3.41. The minimum atomic E-state index is -0.876. The molecule has 0 bridgehead atoms. The quantitative estimate of drug-likeness (QED) is 0.716. The standard InChI is InChI=1S/C15H24N2O3/c1-16-15(14(18)20-4,12-17(2)10-11-19-3)13-8-6-5-7-9-13/h5-9,16H,10-12H2,1-4H3. The Balaban J connectivity index is 3.04. The number of hydrogen-bond donors (Lipinski definition) is 1. The maximum Gasteiger partial charge on any atom is 0.332 e. The molecule has 0 aliphatic rings. The lowest BCUT2D eigenvalue weighted by molar-refractivity contribution is -0.149. The van der Waals surface area contributed by atoms with E-state index >= 15 is 0 Å². The summed E-state index contributed by atoms with van der Waals surface area (Å²) in [7, 11) is 6.80. The van der Waals surface area contributed by atoms with Gasteiger partial charge in [0.1, 0.15) is 0 Å². The molecular formula is C15H24N2O3. The van der Waals surface area contributed by atoms with E-state index in [2.05, 4.69) is 5.32 Å². The number of likely N-dealkylation sites (N-methyl/N-ethyl adjacent to an activating group) is 2. The number of hydrogen-bond acceptors (Lipinski definition) is 5. The average molecular weight is 280 g/mol. The van der Waals surface area contributed by atoms with E-state index in [0.717, 1.165) is 12.1 Å². The molecule has 1 unspecified atom stereocenters. The summed E-state index contributed by atoms with van der Waals surface area (Å²) < 4.78 is 10.1. The van der Waals surface area contributed by atoms with Gasteiger partial charge in [-0.15, -0.1) is 0 Å². The second-order valence-electron chi connectivity index (χ2n) is 4.74. The Labute approximate surface area is 120 Å². The number of esters is 1. The maximum atomic E-state index is 12.3. The summed E-state index contributed by atoms with van der Waals surface area (Å²) in [6.07, 6.45) is 0. The molecule has 0 saturated heterocycles. The van der Waals surface area contributed by atoms with Crippen molar-refractivity contribution < 1.29 is 14.3 Å². The summed E-state index contributed by atoms with van der Waals surface area (Å²) >= 11 is 0. The molecular weight excluding hydrogens is 256 g/mol. The Morgan fingerprint density at radius 3 is 2.45 bits per heavy atom. The predicted molar refractivity (Wildman–Crippen MR) is 78.6 cm³/mol. The summed E-state index contributed by atoms with van der Waals surface area (Å²) in [5.41, 5.74) is 0.0111. The highest BCUT2D eigenvalue weighted by molar-refractivity contribution is 5.83. The van der Waals surface area contributed by atoms with Crippen LogP contribution in [0, 0.1) is 0 Å². The number of carbonyl (C=O) groups excluding carboxylic acids is 1. The van der Waals surface area contributed by atoms with Crippen molar-refractivity contribution in [1.82, 2.24) is 10.2 Å². The van der Waals surface area contributed by atoms with Crippen LogP contribution in [0.15, 0.2) is 30.3 Å². The van der Waals surface area contributed by atoms with Crippen molar-refractivity contribution in [2.24, 2.45) is 0 Å². The molecule has 0 amide bonds. The highest BCUT2D eigenvalue weighted by Crippen LogP contribution is 2.23. The van der Waals surface area contributed by atoms with Gasteiger partial charge in [0.2, 0.25) is 0 Å². The van der Waals surface area contributed by atoms with Crippen LogP contribution in [0.1, 0.15) is 5.56 Å². The van der Waals surface area contributed by atoms with Crippen molar-refractivity contribution in [3.8, 4) is 0 Å². The summed E-state index contributed by atoms with van der Waals surface area (Å²) in [4.78, 5) is 14.4. The molecule has 0 saturated carbocycles. The van der Waals surface area contributed by atoms with E-state index in [4.69, 9.17) is 9.47 Å². The van der Waals surface area contributed by atoms with Crippen LogP contribution in [-0.2, 0) is 19.8 Å². The van der Waals surface area contributed by atoms with Crippen LogP contribution in [0.5, 0.6) is 0 Å². The fourth-order valence-corrected chi connectivity index (χ4v) is 2.23. The number of ether oxygens (including phenoxy) is 2. The molecule has 0 fully saturated rings. The van der Waals surface area contributed by atoms with Gasteiger partial charge in [0.15, 0.2) is 5.54 Å². The predicted octanol–water partition coefficient (Wildman–Crippen LogP) is 0.853. The van der Waals surface area contributed by atoms with Gasteiger partial charge in [0.05, 0.1) is 13.7 Å². The van der Waals surface area contributed by atoms with E-state index < -0.39 is 5.54 Å². The highest BCUT2D eigenvalue weighted by atomic mass is 16.5. The summed E-state index contributed by atoms with van der Waals surface area (Å²) in [6.45, 7) is 1.86. The zero-order valence-corrected chi connectivity index (χ0v) is 12.7. The van der Waals surface area contributed by atoms with Crippen molar-refractivity contribution in [3.05, 3.63) is 35.9 Å². The lowest BCUT2D eigenvalue weighted by atomic mass is 9.89. The summed E-state index contributed by atoms with van der Waals surface area (Å²) in [5.74, 6) is -0.296. The molecule has 5 nitrogen and oxygen atoms in total.